The van der Waals surface area contributed by atoms with E-state index in [9.17, 15) is 0 Å². The third-order valence-corrected chi connectivity index (χ3v) is 3.23. The van der Waals surface area contributed by atoms with Crippen molar-refractivity contribution in [1.29, 1.82) is 0 Å². The van der Waals surface area contributed by atoms with Gasteiger partial charge in [0.1, 0.15) is 0 Å². The van der Waals surface area contributed by atoms with E-state index < -0.39 is 0 Å². The Hall–Kier alpha value is -2.68. The molecule has 0 unspecified atom stereocenters. The van der Waals surface area contributed by atoms with E-state index in [2.05, 4.69) is 15.2 Å². The lowest BCUT2D eigenvalue weighted by molar-refractivity contribution is 0.290. The van der Waals surface area contributed by atoms with Crippen LogP contribution in [0.1, 0.15) is 6.42 Å². The summed E-state index contributed by atoms with van der Waals surface area (Å²) in [6.45, 7) is 0.535. The fourth-order valence-corrected chi connectivity index (χ4v) is 2.18. The Kier molecular flexibility index (Phi) is 5.47. The highest BCUT2D eigenvalue weighted by atomic mass is 16.5. The van der Waals surface area contributed by atoms with Crippen molar-refractivity contribution in [1.82, 2.24) is 15.2 Å². The van der Waals surface area contributed by atoms with Crippen molar-refractivity contribution < 1.29 is 19.3 Å². The fraction of sp³-hybridized carbons (Fsp3) is 0.429. The zero-order chi connectivity index (χ0) is 16.8. The van der Waals surface area contributed by atoms with Gasteiger partial charge in [0.05, 0.1) is 27.0 Å². The number of aliphatic hydroxyl groups excluding tert-OH is 1. The summed E-state index contributed by atoms with van der Waals surface area (Å²) in [5.41, 5.74) is 6.33. The molecule has 0 aliphatic rings. The highest BCUT2D eigenvalue weighted by Gasteiger charge is 2.20. The van der Waals surface area contributed by atoms with Crippen LogP contribution in [0.25, 0.3) is 0 Å². The van der Waals surface area contributed by atoms with Crippen LogP contribution in [0.5, 0.6) is 17.2 Å². The number of rotatable bonds is 8. The van der Waals surface area contributed by atoms with Crippen molar-refractivity contribution in [2.24, 2.45) is 0 Å². The summed E-state index contributed by atoms with van der Waals surface area (Å²) in [5.74, 6) is 2.13. The molecule has 126 valence electrons. The Labute approximate surface area is 134 Å². The molecule has 2 aromatic rings. The lowest BCUT2D eigenvalue weighted by atomic mass is 10.2. The monoisotopic (exact) mass is 323 g/mol. The summed E-state index contributed by atoms with van der Waals surface area (Å²) < 4.78 is 16.0. The highest BCUT2D eigenvalue weighted by molar-refractivity contribution is 5.67. The van der Waals surface area contributed by atoms with Gasteiger partial charge in [-0.2, -0.15) is 4.98 Å². The van der Waals surface area contributed by atoms with Crippen LogP contribution in [-0.4, -0.2) is 54.8 Å². The summed E-state index contributed by atoms with van der Waals surface area (Å²) in [6, 6.07) is 3.57. The van der Waals surface area contributed by atoms with E-state index in [-0.39, 0.29) is 12.6 Å². The smallest absolute Gasteiger partial charge is 0.250 e. The van der Waals surface area contributed by atoms with Gasteiger partial charge in [-0.05, 0) is 6.42 Å². The van der Waals surface area contributed by atoms with E-state index >= 15 is 0 Å². The van der Waals surface area contributed by atoms with E-state index in [1.807, 2.05) is 0 Å². The number of nitrogens with one attached hydrogen (secondary N) is 1. The van der Waals surface area contributed by atoms with Gasteiger partial charge in [-0.1, -0.05) is 0 Å². The number of hydrogen-bond donors (Lipinski definition) is 3. The normalized spacial score (nSPS) is 10.4. The summed E-state index contributed by atoms with van der Waals surface area (Å²) in [4.78, 5) is 5.94. The van der Waals surface area contributed by atoms with Crippen LogP contribution in [0.15, 0.2) is 12.1 Å². The van der Waals surface area contributed by atoms with Crippen LogP contribution < -0.4 is 24.8 Å². The average Bonchev–Trinajstić information content (AvgIpc) is 3.00. The lowest BCUT2D eigenvalue weighted by Crippen LogP contribution is -2.21. The summed E-state index contributed by atoms with van der Waals surface area (Å²) in [6.07, 6.45) is 0.533. The number of aromatic nitrogens is 3. The molecule has 0 aliphatic carbocycles. The molecular formula is C14H21N5O4. The van der Waals surface area contributed by atoms with E-state index in [1.54, 1.807) is 38.4 Å². The molecule has 0 aliphatic heterocycles. The van der Waals surface area contributed by atoms with Gasteiger partial charge in [-0.3, -0.25) is 0 Å². The largest absolute Gasteiger partial charge is 0.493 e. The van der Waals surface area contributed by atoms with Gasteiger partial charge in [0.2, 0.25) is 11.7 Å². The van der Waals surface area contributed by atoms with Crippen molar-refractivity contribution >= 4 is 17.6 Å². The van der Waals surface area contributed by atoms with Gasteiger partial charge in [0.25, 0.3) is 5.95 Å². The maximum Gasteiger partial charge on any atom is 0.250 e. The maximum absolute atomic E-state index is 9.13. The Balaban J connectivity index is 2.49. The molecule has 0 radical (unpaired) electrons. The van der Waals surface area contributed by atoms with Gasteiger partial charge in [0, 0.05) is 25.3 Å². The molecule has 2 rings (SSSR count). The molecule has 0 bridgehead atoms. The molecule has 1 heterocycles. The number of nitrogens with zero attached hydrogens (tertiary/aromatic N) is 3. The van der Waals surface area contributed by atoms with Crippen LogP contribution in [-0.2, 0) is 0 Å². The Morgan fingerprint density at radius 2 is 1.83 bits per heavy atom. The first-order chi connectivity index (χ1) is 11.1. The number of H-pyrrole nitrogens is 1. The second-order valence-corrected chi connectivity index (χ2v) is 4.63. The van der Waals surface area contributed by atoms with Crippen LogP contribution in [0.2, 0.25) is 0 Å². The molecule has 4 N–H and O–H groups in total. The van der Waals surface area contributed by atoms with E-state index in [0.29, 0.717) is 36.2 Å². The minimum atomic E-state index is 0.0425. The molecule has 1 aromatic carbocycles. The number of benzene rings is 1. The average molecular weight is 323 g/mol. The Morgan fingerprint density at radius 1 is 1.17 bits per heavy atom. The molecule has 1 aromatic heterocycles. The van der Waals surface area contributed by atoms with Crippen molar-refractivity contribution in [2.45, 2.75) is 6.42 Å². The topological polar surface area (TPSA) is 119 Å². The first-order valence-corrected chi connectivity index (χ1v) is 7.00. The zero-order valence-electron chi connectivity index (χ0n) is 13.4. The second-order valence-electron chi connectivity index (χ2n) is 4.63. The van der Waals surface area contributed by atoms with Gasteiger partial charge in [0.15, 0.2) is 11.5 Å². The second kappa shape index (κ2) is 7.54. The zero-order valence-corrected chi connectivity index (χ0v) is 13.4. The molecule has 0 atom stereocenters. The predicted molar refractivity (Wildman–Crippen MR) is 85.6 cm³/mol. The van der Waals surface area contributed by atoms with Crippen molar-refractivity contribution in [3.05, 3.63) is 12.1 Å². The number of nitrogen functional groups attached to an aromatic ring is 1. The molecule has 0 fully saturated rings. The van der Waals surface area contributed by atoms with Crippen LogP contribution in [0.4, 0.5) is 17.6 Å². The predicted octanol–water partition coefficient (Wildman–Crippen LogP) is 0.933. The third-order valence-electron chi connectivity index (χ3n) is 3.23. The third kappa shape index (κ3) is 3.57. The number of anilines is 3. The van der Waals surface area contributed by atoms with Gasteiger partial charge in [-0.25, -0.2) is 5.10 Å². The van der Waals surface area contributed by atoms with Crippen LogP contribution >= 0.6 is 0 Å². The quantitative estimate of drug-likeness (QED) is 0.656. The molecule has 0 saturated carbocycles. The molecule has 0 spiro atoms. The number of nitrogens with two attached hydrogens (primary N) is 1. The van der Waals surface area contributed by atoms with E-state index in [0.717, 1.165) is 5.69 Å². The van der Waals surface area contributed by atoms with Gasteiger partial charge >= 0.3 is 0 Å². The summed E-state index contributed by atoms with van der Waals surface area (Å²) >= 11 is 0. The minimum Gasteiger partial charge on any atom is -0.493 e. The van der Waals surface area contributed by atoms with E-state index in [4.69, 9.17) is 25.1 Å². The first kappa shape index (κ1) is 16.7. The molecule has 9 nitrogen and oxygen atoms in total. The van der Waals surface area contributed by atoms with Crippen LogP contribution in [0, 0.1) is 0 Å². The highest BCUT2D eigenvalue weighted by Crippen LogP contribution is 2.42. The number of aromatic amines is 1. The molecule has 0 saturated heterocycles. The van der Waals surface area contributed by atoms with Crippen LogP contribution in [0.3, 0.4) is 0 Å². The lowest BCUT2D eigenvalue weighted by Gasteiger charge is -2.23. The molecule has 0 amide bonds. The Morgan fingerprint density at radius 3 is 2.26 bits per heavy atom. The van der Waals surface area contributed by atoms with Crippen molar-refractivity contribution in [3.63, 3.8) is 0 Å². The molecular weight excluding hydrogens is 302 g/mol. The summed E-state index contributed by atoms with van der Waals surface area (Å²) in [5, 5.41) is 15.8. The standard InChI is InChI=1S/C14H21N5O4/c1-21-10-7-9(8-11(22-2)12(10)23-3)19(5-4-6-20)14-16-13(15)17-18-14/h7-8,20H,4-6H2,1-3H3,(H3,15,16,17,18). The van der Waals surface area contributed by atoms with E-state index in [1.165, 1.54) is 0 Å². The SMILES string of the molecule is COc1cc(N(CCCO)c2n[nH]c(N)n2)cc(OC)c1OC. The van der Waals surface area contributed by atoms with Crippen molar-refractivity contribution in [2.75, 3.05) is 45.1 Å². The number of aliphatic hydroxyl groups is 1. The molecule has 23 heavy (non-hydrogen) atoms. The van der Waals surface area contributed by atoms with Crippen molar-refractivity contribution in [3.8, 4) is 17.2 Å². The Bertz CT molecular complexity index is 621. The van der Waals surface area contributed by atoms with Gasteiger partial charge < -0.3 is 30.0 Å². The fourth-order valence-electron chi connectivity index (χ4n) is 2.18. The molecule has 9 heteroatoms. The van der Waals surface area contributed by atoms with Gasteiger partial charge in [-0.15, -0.1) is 5.10 Å². The number of ether oxygens (including phenoxy) is 3. The minimum absolute atomic E-state index is 0.0425. The first-order valence-electron chi connectivity index (χ1n) is 7.00. The number of hydrogen-bond acceptors (Lipinski definition) is 8. The number of methoxy groups -OCH3 is 3. The maximum atomic E-state index is 9.13. The summed E-state index contributed by atoms with van der Waals surface area (Å²) in [7, 11) is 4.63.